The van der Waals surface area contributed by atoms with Crippen LogP contribution in [0.5, 0.6) is 0 Å². The Kier molecular flexibility index (Phi) is 13.5. The summed E-state index contributed by atoms with van der Waals surface area (Å²) in [5, 5.41) is 0. The predicted octanol–water partition coefficient (Wildman–Crippen LogP) is 5.56. The van der Waals surface area contributed by atoms with Gasteiger partial charge in [0.25, 0.3) is 0 Å². The second-order valence-corrected chi connectivity index (χ2v) is 3.36. The molecule has 0 saturated heterocycles. The van der Waals surface area contributed by atoms with E-state index < -0.39 is 0 Å². The normalized spacial score (nSPS) is 8.44. The molecule has 0 fully saturated rings. The van der Waals surface area contributed by atoms with Crippen LogP contribution in [-0.2, 0) is 12.8 Å². The SMILES string of the molecule is CC.CC.CCCc1ccc(C)c(CC)c1. The molecule has 0 unspecified atom stereocenters. The molecule has 0 heteroatoms. The summed E-state index contributed by atoms with van der Waals surface area (Å²) in [6.07, 6.45) is 3.61. The lowest BCUT2D eigenvalue weighted by Crippen LogP contribution is -1.90. The summed E-state index contributed by atoms with van der Waals surface area (Å²) in [6.45, 7) is 14.6. The standard InChI is InChI=1S/C12H18.2C2H6/c1-4-6-11-8-7-10(3)12(5-2)9-11;2*1-2/h7-9H,4-6H2,1-3H3;2*1-2H3. The van der Waals surface area contributed by atoms with Crippen molar-refractivity contribution in [1.29, 1.82) is 0 Å². The van der Waals surface area contributed by atoms with E-state index in [0.717, 1.165) is 6.42 Å². The fourth-order valence-electron chi connectivity index (χ4n) is 1.55. The summed E-state index contributed by atoms with van der Waals surface area (Å²) in [6, 6.07) is 6.83. The minimum Gasteiger partial charge on any atom is -0.0683 e. The Labute approximate surface area is 103 Å². The van der Waals surface area contributed by atoms with Gasteiger partial charge in [-0.05, 0) is 36.5 Å². The lowest BCUT2D eigenvalue weighted by Gasteiger charge is -2.05. The van der Waals surface area contributed by atoms with Gasteiger partial charge in [0.05, 0.1) is 0 Å². The van der Waals surface area contributed by atoms with Crippen molar-refractivity contribution in [3.05, 3.63) is 34.9 Å². The van der Waals surface area contributed by atoms with Crippen LogP contribution in [0, 0.1) is 6.92 Å². The van der Waals surface area contributed by atoms with Gasteiger partial charge in [0.15, 0.2) is 0 Å². The molecule has 0 aliphatic carbocycles. The maximum atomic E-state index is 2.35. The van der Waals surface area contributed by atoms with Crippen molar-refractivity contribution >= 4 is 0 Å². The van der Waals surface area contributed by atoms with E-state index >= 15 is 0 Å². The number of aryl methyl sites for hydroxylation is 3. The van der Waals surface area contributed by atoms with E-state index in [-0.39, 0.29) is 0 Å². The number of rotatable bonds is 3. The third-order valence-corrected chi connectivity index (χ3v) is 2.33. The molecule has 1 aromatic rings. The predicted molar refractivity (Wildman–Crippen MR) is 77.2 cm³/mol. The van der Waals surface area contributed by atoms with Crippen molar-refractivity contribution in [2.45, 2.75) is 67.7 Å². The second-order valence-electron chi connectivity index (χ2n) is 3.36. The number of hydrogen-bond donors (Lipinski definition) is 0. The van der Waals surface area contributed by atoms with Crippen LogP contribution < -0.4 is 0 Å². The van der Waals surface area contributed by atoms with Gasteiger partial charge in [-0.25, -0.2) is 0 Å². The van der Waals surface area contributed by atoms with Crippen LogP contribution in [-0.4, -0.2) is 0 Å². The Morgan fingerprint density at radius 1 is 0.938 bits per heavy atom. The first-order valence-corrected chi connectivity index (χ1v) is 6.86. The van der Waals surface area contributed by atoms with Gasteiger partial charge in [-0.3, -0.25) is 0 Å². The van der Waals surface area contributed by atoms with Crippen LogP contribution in [0.2, 0.25) is 0 Å². The lowest BCUT2D eigenvalue weighted by atomic mass is 10.0. The molecular weight excluding hydrogens is 192 g/mol. The van der Waals surface area contributed by atoms with E-state index in [2.05, 4.69) is 39.0 Å². The Balaban J connectivity index is 0. The first kappa shape index (κ1) is 17.6. The van der Waals surface area contributed by atoms with Crippen molar-refractivity contribution in [2.75, 3.05) is 0 Å². The molecule has 0 aliphatic heterocycles. The van der Waals surface area contributed by atoms with Gasteiger partial charge in [-0.15, -0.1) is 0 Å². The quantitative estimate of drug-likeness (QED) is 0.628. The molecule has 0 radical (unpaired) electrons. The van der Waals surface area contributed by atoms with Crippen LogP contribution in [0.1, 0.15) is 64.7 Å². The highest BCUT2D eigenvalue weighted by atomic mass is 14.0. The molecule has 0 amide bonds. The highest BCUT2D eigenvalue weighted by Crippen LogP contribution is 2.12. The van der Waals surface area contributed by atoms with Crippen LogP contribution in [0.25, 0.3) is 0 Å². The van der Waals surface area contributed by atoms with Crippen LogP contribution in [0.4, 0.5) is 0 Å². The Morgan fingerprint density at radius 3 is 1.94 bits per heavy atom. The summed E-state index contributed by atoms with van der Waals surface area (Å²) in [5.41, 5.74) is 4.42. The Hall–Kier alpha value is -0.780. The molecule has 0 N–H and O–H groups in total. The largest absolute Gasteiger partial charge is 0.0683 e. The Bertz CT molecular complexity index is 248. The first-order valence-electron chi connectivity index (χ1n) is 6.86. The lowest BCUT2D eigenvalue weighted by molar-refractivity contribution is 0.915. The molecule has 0 heterocycles. The van der Waals surface area contributed by atoms with Crippen molar-refractivity contribution in [2.24, 2.45) is 0 Å². The fraction of sp³-hybridized carbons (Fsp3) is 0.625. The maximum Gasteiger partial charge on any atom is -0.0281 e. The molecule has 0 aromatic heterocycles. The van der Waals surface area contributed by atoms with Gasteiger partial charge in [-0.1, -0.05) is 66.2 Å². The molecule has 1 aromatic carbocycles. The van der Waals surface area contributed by atoms with E-state index in [9.17, 15) is 0 Å². The van der Waals surface area contributed by atoms with Gasteiger partial charge in [-0.2, -0.15) is 0 Å². The van der Waals surface area contributed by atoms with Crippen LogP contribution >= 0.6 is 0 Å². The fourth-order valence-corrected chi connectivity index (χ4v) is 1.55. The third kappa shape index (κ3) is 6.66. The molecule has 1 rings (SSSR count). The Morgan fingerprint density at radius 2 is 1.50 bits per heavy atom. The van der Waals surface area contributed by atoms with Gasteiger partial charge in [0.2, 0.25) is 0 Å². The molecule has 0 aliphatic rings. The molecular formula is C16H30. The molecule has 0 bridgehead atoms. The van der Waals surface area contributed by atoms with Crippen molar-refractivity contribution in [3.8, 4) is 0 Å². The van der Waals surface area contributed by atoms with E-state index in [1.54, 1.807) is 0 Å². The number of hydrogen-bond acceptors (Lipinski definition) is 0. The highest BCUT2D eigenvalue weighted by Gasteiger charge is 1.97. The smallest absolute Gasteiger partial charge is 0.0281 e. The van der Waals surface area contributed by atoms with Gasteiger partial charge in [0.1, 0.15) is 0 Å². The molecule has 0 nitrogen and oxygen atoms in total. The first-order chi connectivity index (χ1) is 7.77. The van der Waals surface area contributed by atoms with E-state index in [1.165, 1.54) is 29.5 Å². The van der Waals surface area contributed by atoms with E-state index in [0.29, 0.717) is 0 Å². The molecule has 0 spiro atoms. The van der Waals surface area contributed by atoms with Crippen molar-refractivity contribution in [1.82, 2.24) is 0 Å². The summed E-state index contributed by atoms with van der Waals surface area (Å²) in [5.74, 6) is 0. The molecule has 0 atom stereocenters. The van der Waals surface area contributed by atoms with E-state index in [1.807, 2.05) is 27.7 Å². The minimum absolute atomic E-state index is 1.16. The zero-order valence-electron chi connectivity index (χ0n) is 12.4. The molecule has 0 saturated carbocycles. The third-order valence-electron chi connectivity index (χ3n) is 2.33. The summed E-state index contributed by atoms with van der Waals surface area (Å²) < 4.78 is 0. The van der Waals surface area contributed by atoms with Crippen LogP contribution in [0.15, 0.2) is 18.2 Å². The second kappa shape index (κ2) is 12.3. The zero-order valence-corrected chi connectivity index (χ0v) is 12.4. The maximum absolute atomic E-state index is 2.35. The van der Waals surface area contributed by atoms with Gasteiger partial charge < -0.3 is 0 Å². The van der Waals surface area contributed by atoms with Crippen molar-refractivity contribution in [3.63, 3.8) is 0 Å². The van der Waals surface area contributed by atoms with E-state index in [4.69, 9.17) is 0 Å². The summed E-state index contributed by atoms with van der Waals surface area (Å²) in [4.78, 5) is 0. The average Bonchev–Trinajstić information content (AvgIpc) is 2.37. The monoisotopic (exact) mass is 222 g/mol. The van der Waals surface area contributed by atoms with Gasteiger partial charge >= 0.3 is 0 Å². The summed E-state index contributed by atoms with van der Waals surface area (Å²) >= 11 is 0. The number of benzene rings is 1. The topological polar surface area (TPSA) is 0 Å². The minimum atomic E-state index is 1.16. The molecule has 16 heavy (non-hydrogen) atoms. The van der Waals surface area contributed by atoms with Crippen molar-refractivity contribution < 1.29 is 0 Å². The summed E-state index contributed by atoms with van der Waals surface area (Å²) in [7, 11) is 0. The highest BCUT2D eigenvalue weighted by molar-refractivity contribution is 5.31. The van der Waals surface area contributed by atoms with Crippen LogP contribution in [0.3, 0.4) is 0 Å². The average molecular weight is 222 g/mol. The zero-order chi connectivity index (χ0) is 13.0. The molecule has 94 valence electrons. The van der Waals surface area contributed by atoms with Gasteiger partial charge in [0, 0.05) is 0 Å².